The fourth-order valence-corrected chi connectivity index (χ4v) is 18.9. The Hall–Kier alpha value is -18.0. The summed E-state index contributed by atoms with van der Waals surface area (Å²) < 4.78 is 0. The van der Waals surface area contributed by atoms with Crippen LogP contribution in [0.5, 0.6) is 0 Å². The maximum absolute atomic E-state index is 5.33. The highest BCUT2D eigenvalue weighted by Gasteiger charge is 2.24. The van der Waals surface area contributed by atoms with Crippen molar-refractivity contribution in [3.05, 3.63) is 438 Å². The van der Waals surface area contributed by atoms with Gasteiger partial charge in [0.25, 0.3) is 0 Å². The zero-order valence-corrected chi connectivity index (χ0v) is 70.9. The predicted octanol–water partition coefficient (Wildman–Crippen LogP) is 30.1. The Bertz CT molecular complexity index is 8910. The summed E-state index contributed by atoms with van der Waals surface area (Å²) in [6.07, 6.45) is 11.1. The van der Waals surface area contributed by atoms with Gasteiger partial charge in [-0.25, -0.2) is 44.9 Å². The minimum absolute atomic E-state index is 0.637. The SMILES string of the molecule is c1ccc2c(-c3nc(-c4ccc5cnccc5c4)nc(-c4c5ccccc5cc5ccccc45)n3)c3ccccc3cc2c1.c1ccc2cc3c(-c4nc(-c5ccc6cnccc6c5)nc(-c5cccc6cc7ccccc7cc56)n4)cccc3cc2c1.c1ccc2cc3cc(-c4nc(-c5ccc6cnccc6c5)nc(-c5ccc6cc7ccccc7cc6c5)n4)ccc3cc2c1. The highest BCUT2D eigenvalue weighted by molar-refractivity contribution is 6.15. The lowest BCUT2D eigenvalue weighted by Crippen LogP contribution is -2.02. The zero-order valence-electron chi connectivity index (χ0n) is 70.9. The number of nitrogens with zero attached hydrogens (tertiary/aromatic N) is 12. The summed E-state index contributed by atoms with van der Waals surface area (Å²) in [5, 5.41) is 34.5. The van der Waals surface area contributed by atoms with Gasteiger partial charge in [-0.1, -0.05) is 291 Å². The van der Waals surface area contributed by atoms with Crippen LogP contribution >= 0.6 is 0 Å². The summed E-state index contributed by atoms with van der Waals surface area (Å²) in [6.45, 7) is 0. The molecular formula is C120H72N12. The number of rotatable bonds is 9. The summed E-state index contributed by atoms with van der Waals surface area (Å²) >= 11 is 0. The molecule has 12 heteroatoms. The molecule has 21 aromatic carbocycles. The van der Waals surface area contributed by atoms with E-state index in [9.17, 15) is 0 Å². The molecule has 0 spiro atoms. The molecule has 0 saturated carbocycles. The van der Waals surface area contributed by atoms with Gasteiger partial charge in [0, 0.05) is 103 Å². The number of fused-ring (bicyclic) bond motifs is 15. The molecule has 12 nitrogen and oxygen atoms in total. The summed E-state index contributed by atoms with van der Waals surface area (Å²) in [7, 11) is 0. The quantitative estimate of drug-likeness (QED) is 0.126. The smallest absolute Gasteiger partial charge is 0.165 e. The van der Waals surface area contributed by atoms with Crippen LogP contribution < -0.4 is 0 Å². The van der Waals surface area contributed by atoms with Crippen LogP contribution in [0.15, 0.2) is 438 Å². The highest BCUT2D eigenvalue weighted by atomic mass is 15.1. The van der Waals surface area contributed by atoms with Gasteiger partial charge in [0.1, 0.15) is 0 Å². The summed E-state index contributed by atoms with van der Waals surface area (Å²) in [6, 6.07) is 141. The third-order valence-corrected chi connectivity index (χ3v) is 25.5. The summed E-state index contributed by atoms with van der Waals surface area (Å²) in [5.74, 6) is 5.83. The maximum Gasteiger partial charge on any atom is 0.165 e. The van der Waals surface area contributed by atoms with Crippen LogP contribution in [0.3, 0.4) is 0 Å². The normalized spacial score (nSPS) is 11.6. The molecular weight excluding hydrogens is 1610 g/mol. The first-order valence-electron chi connectivity index (χ1n) is 44.1. The molecule has 0 aliphatic carbocycles. The monoisotopic (exact) mass is 1680 g/mol. The molecule has 0 N–H and O–H groups in total. The van der Waals surface area contributed by atoms with Crippen LogP contribution in [-0.4, -0.2) is 59.8 Å². The second-order valence-corrected chi connectivity index (χ2v) is 33.6. The van der Waals surface area contributed by atoms with E-state index < -0.39 is 0 Å². The molecule has 6 aromatic heterocycles. The second-order valence-electron chi connectivity index (χ2n) is 33.6. The van der Waals surface area contributed by atoms with Crippen LogP contribution in [0, 0.1) is 0 Å². The van der Waals surface area contributed by atoms with E-state index in [1.54, 1.807) is 0 Å². The first-order valence-corrected chi connectivity index (χ1v) is 44.1. The number of aromatic nitrogens is 12. The topological polar surface area (TPSA) is 155 Å². The van der Waals surface area contributed by atoms with Crippen molar-refractivity contribution in [3.63, 3.8) is 0 Å². The molecule has 0 unspecified atom stereocenters. The molecule has 612 valence electrons. The van der Waals surface area contributed by atoms with E-state index in [-0.39, 0.29) is 0 Å². The number of pyridine rings is 3. The van der Waals surface area contributed by atoms with E-state index in [1.165, 1.54) is 53.9 Å². The Morgan fingerprint density at radius 3 is 0.652 bits per heavy atom. The van der Waals surface area contributed by atoms with E-state index in [1.807, 2.05) is 55.4 Å². The number of hydrogen-bond donors (Lipinski definition) is 0. The van der Waals surface area contributed by atoms with E-state index in [2.05, 4.69) is 397 Å². The zero-order chi connectivity index (χ0) is 87.1. The molecule has 27 rings (SSSR count). The molecule has 0 aliphatic rings. The van der Waals surface area contributed by atoms with E-state index in [0.29, 0.717) is 52.4 Å². The van der Waals surface area contributed by atoms with E-state index in [4.69, 9.17) is 44.9 Å². The molecule has 6 heterocycles. The third kappa shape index (κ3) is 14.2. The minimum Gasteiger partial charge on any atom is -0.264 e. The molecule has 0 bridgehead atoms. The second kappa shape index (κ2) is 32.1. The van der Waals surface area contributed by atoms with Crippen molar-refractivity contribution in [2.24, 2.45) is 0 Å². The van der Waals surface area contributed by atoms with Crippen LogP contribution in [0.2, 0.25) is 0 Å². The molecule has 27 aromatic rings. The maximum atomic E-state index is 5.33. The van der Waals surface area contributed by atoms with E-state index in [0.717, 1.165) is 158 Å². The van der Waals surface area contributed by atoms with Crippen molar-refractivity contribution in [1.82, 2.24) is 59.8 Å². The lowest BCUT2D eigenvalue weighted by atomic mass is 9.95. The fourth-order valence-electron chi connectivity index (χ4n) is 18.9. The van der Waals surface area contributed by atoms with Gasteiger partial charge < -0.3 is 0 Å². The lowest BCUT2D eigenvalue weighted by Gasteiger charge is -2.15. The minimum atomic E-state index is 0.637. The molecule has 132 heavy (non-hydrogen) atoms. The standard InChI is InChI=1S/3C40H24N4/c1-5-13-32-26(9-1)22-27-10-2-6-14-33(27)36(32)39-42-38(30-17-18-31-24-41-20-19-25(31)21-30)43-40(44-39)37-34-15-7-3-11-28(34)23-29-12-4-8-16-35(29)37;1-3-9-27-22-36-30(19-25(27)7-1)11-5-13-34(36)39-42-38(32-15-16-33-24-41-18-17-29(33)21-32)43-40(44-39)35-14-6-12-31-20-26-8-2-4-10-28(26)23-37(31)35;1-3-7-27-20-36-22-33(11-9-29(36)17-25(27)5-1)39-42-38(32-13-14-35-24-41-16-15-31(35)19-32)43-40(44-39)34-12-10-30-18-26-6-2-4-8-28(26)21-37(30)23-34/h3*1-24H. The largest absolute Gasteiger partial charge is 0.264 e. The van der Waals surface area contributed by atoms with Crippen LogP contribution in [0.25, 0.3) is 264 Å². The molecule has 0 atom stereocenters. The highest BCUT2D eigenvalue weighted by Crippen LogP contribution is 2.43. The first-order chi connectivity index (χ1) is 65.3. The molecule has 0 fully saturated rings. The van der Waals surface area contributed by atoms with Gasteiger partial charge in [0.05, 0.1) is 0 Å². The van der Waals surface area contributed by atoms with Gasteiger partial charge in [-0.2, -0.15) is 0 Å². The fraction of sp³-hybridized carbons (Fsp3) is 0. The molecule has 0 amide bonds. The number of benzene rings is 21. The Morgan fingerprint density at radius 1 is 0.121 bits per heavy atom. The van der Waals surface area contributed by atoms with Gasteiger partial charge in [0.15, 0.2) is 52.4 Å². The van der Waals surface area contributed by atoms with E-state index >= 15 is 0 Å². The lowest BCUT2D eigenvalue weighted by molar-refractivity contribution is 1.08. The van der Waals surface area contributed by atoms with Crippen molar-refractivity contribution in [2.75, 3.05) is 0 Å². The van der Waals surface area contributed by atoms with Crippen molar-refractivity contribution >= 4 is 162 Å². The Balaban J connectivity index is 0.000000106. The third-order valence-electron chi connectivity index (χ3n) is 25.5. The van der Waals surface area contributed by atoms with Crippen molar-refractivity contribution in [1.29, 1.82) is 0 Å². The van der Waals surface area contributed by atoms with Crippen molar-refractivity contribution < 1.29 is 0 Å². The molecule has 0 aliphatic heterocycles. The van der Waals surface area contributed by atoms with Crippen molar-refractivity contribution in [2.45, 2.75) is 0 Å². The van der Waals surface area contributed by atoms with Gasteiger partial charge >= 0.3 is 0 Å². The van der Waals surface area contributed by atoms with Crippen LogP contribution in [0.4, 0.5) is 0 Å². The summed E-state index contributed by atoms with van der Waals surface area (Å²) in [5.41, 5.74) is 8.70. The van der Waals surface area contributed by atoms with Gasteiger partial charge in [-0.05, 0) is 255 Å². The van der Waals surface area contributed by atoms with Crippen LogP contribution in [-0.2, 0) is 0 Å². The number of hydrogen-bond acceptors (Lipinski definition) is 12. The Labute approximate surface area is 756 Å². The van der Waals surface area contributed by atoms with Crippen molar-refractivity contribution in [3.8, 4) is 102 Å². The molecule has 0 saturated heterocycles. The predicted molar refractivity (Wildman–Crippen MR) is 544 cm³/mol. The average Bonchev–Trinajstić information content (AvgIpc) is 0.772. The van der Waals surface area contributed by atoms with Crippen LogP contribution in [0.1, 0.15) is 0 Å². The summed E-state index contributed by atoms with van der Waals surface area (Å²) in [4.78, 5) is 59.2. The Kier molecular flexibility index (Phi) is 18.6. The van der Waals surface area contributed by atoms with Gasteiger partial charge in [0.2, 0.25) is 0 Å². The van der Waals surface area contributed by atoms with Gasteiger partial charge in [-0.15, -0.1) is 0 Å². The molecule has 0 radical (unpaired) electrons. The average molecular weight is 1680 g/mol. The first kappa shape index (κ1) is 76.4. The van der Waals surface area contributed by atoms with Gasteiger partial charge in [-0.3, -0.25) is 15.0 Å². The Morgan fingerprint density at radius 2 is 0.326 bits per heavy atom.